The van der Waals surface area contributed by atoms with E-state index in [0.29, 0.717) is 16.9 Å². The minimum Gasteiger partial charge on any atom is -0.496 e. The predicted octanol–water partition coefficient (Wildman–Crippen LogP) is 3.67. The van der Waals surface area contributed by atoms with Gasteiger partial charge in [0.25, 0.3) is 15.7 Å². The molecule has 128 valence electrons. The number of methoxy groups -OCH3 is 1. The van der Waals surface area contributed by atoms with Crippen LogP contribution in [-0.4, -0.2) is 20.5 Å². The Morgan fingerprint density at radius 3 is 2.42 bits per heavy atom. The largest absolute Gasteiger partial charge is 0.496 e. The van der Waals surface area contributed by atoms with Gasteiger partial charge in [-0.1, -0.05) is 11.6 Å². The van der Waals surface area contributed by atoms with E-state index in [1.807, 2.05) is 0 Å². The highest BCUT2D eigenvalue weighted by molar-refractivity contribution is 7.92. The third-order valence-corrected chi connectivity index (χ3v) is 5.44. The van der Waals surface area contributed by atoms with Crippen LogP contribution >= 0.6 is 11.6 Å². The molecular formula is C15H15ClN2O5S. The van der Waals surface area contributed by atoms with Gasteiger partial charge in [0.15, 0.2) is 0 Å². The third kappa shape index (κ3) is 3.44. The molecule has 7 nitrogen and oxygen atoms in total. The molecule has 0 unspecified atom stereocenters. The number of nitro groups is 1. The molecule has 0 saturated heterocycles. The number of rotatable bonds is 5. The Kier molecular flexibility index (Phi) is 5.00. The molecule has 2 rings (SSSR count). The molecule has 24 heavy (non-hydrogen) atoms. The topological polar surface area (TPSA) is 98.5 Å². The van der Waals surface area contributed by atoms with Gasteiger partial charge in [-0.2, -0.15) is 0 Å². The normalized spacial score (nSPS) is 11.2. The second-order valence-electron chi connectivity index (χ2n) is 5.04. The van der Waals surface area contributed by atoms with Gasteiger partial charge >= 0.3 is 0 Å². The van der Waals surface area contributed by atoms with Crippen molar-refractivity contribution in [2.45, 2.75) is 18.7 Å². The van der Waals surface area contributed by atoms with Crippen molar-refractivity contribution >= 4 is 33.0 Å². The van der Waals surface area contributed by atoms with Gasteiger partial charge in [0.05, 0.1) is 27.6 Å². The molecule has 0 aliphatic carbocycles. The second-order valence-corrected chi connectivity index (χ2v) is 7.10. The fourth-order valence-electron chi connectivity index (χ4n) is 2.19. The maximum atomic E-state index is 12.6. The lowest BCUT2D eigenvalue weighted by Gasteiger charge is -2.14. The zero-order valence-corrected chi connectivity index (χ0v) is 14.7. The zero-order chi connectivity index (χ0) is 18.1. The van der Waals surface area contributed by atoms with Crippen LogP contribution in [0.3, 0.4) is 0 Å². The first-order valence-electron chi connectivity index (χ1n) is 6.78. The van der Waals surface area contributed by atoms with E-state index in [1.54, 1.807) is 19.9 Å². The molecule has 1 N–H and O–H groups in total. The monoisotopic (exact) mass is 370 g/mol. The number of anilines is 1. The Hall–Kier alpha value is -2.32. The summed E-state index contributed by atoms with van der Waals surface area (Å²) in [6.07, 6.45) is 0. The number of ether oxygens (including phenoxy) is 1. The van der Waals surface area contributed by atoms with E-state index < -0.39 is 14.9 Å². The van der Waals surface area contributed by atoms with E-state index in [0.717, 1.165) is 6.07 Å². The second kappa shape index (κ2) is 6.66. The minimum absolute atomic E-state index is 0.0448. The number of sulfonamides is 1. The van der Waals surface area contributed by atoms with Crippen LogP contribution in [0.15, 0.2) is 35.2 Å². The van der Waals surface area contributed by atoms with Gasteiger partial charge < -0.3 is 4.74 Å². The lowest BCUT2D eigenvalue weighted by Crippen LogP contribution is -2.15. The number of hydrogen-bond acceptors (Lipinski definition) is 5. The summed E-state index contributed by atoms with van der Waals surface area (Å²) in [7, 11) is -2.47. The van der Waals surface area contributed by atoms with Gasteiger partial charge in [-0.15, -0.1) is 0 Å². The molecule has 0 spiro atoms. The van der Waals surface area contributed by atoms with Gasteiger partial charge in [-0.05, 0) is 43.2 Å². The molecule has 0 bridgehead atoms. The summed E-state index contributed by atoms with van der Waals surface area (Å²) < 4.78 is 32.7. The van der Waals surface area contributed by atoms with Crippen molar-refractivity contribution in [1.29, 1.82) is 0 Å². The number of nitro benzene ring substituents is 1. The quantitative estimate of drug-likeness (QED) is 0.639. The lowest BCUT2D eigenvalue weighted by atomic mass is 10.1. The Morgan fingerprint density at radius 2 is 1.83 bits per heavy atom. The Morgan fingerprint density at radius 1 is 1.17 bits per heavy atom. The first-order valence-corrected chi connectivity index (χ1v) is 8.64. The summed E-state index contributed by atoms with van der Waals surface area (Å²) in [5.74, 6) is 0.569. The van der Waals surface area contributed by atoms with Crippen molar-refractivity contribution in [3.63, 3.8) is 0 Å². The van der Waals surface area contributed by atoms with E-state index >= 15 is 0 Å². The first-order chi connectivity index (χ1) is 11.2. The van der Waals surface area contributed by atoms with Crippen LogP contribution in [0, 0.1) is 24.0 Å². The fourth-order valence-corrected chi connectivity index (χ4v) is 3.78. The molecule has 0 aliphatic rings. The number of non-ortho nitro benzene ring substituents is 1. The van der Waals surface area contributed by atoms with Gasteiger partial charge in [-0.3, -0.25) is 14.8 Å². The fraction of sp³-hybridized carbons (Fsp3) is 0.200. The van der Waals surface area contributed by atoms with Crippen molar-refractivity contribution in [1.82, 2.24) is 0 Å². The van der Waals surface area contributed by atoms with Crippen molar-refractivity contribution in [3.05, 3.63) is 56.6 Å². The average Bonchev–Trinajstić information content (AvgIpc) is 2.51. The van der Waals surface area contributed by atoms with Crippen molar-refractivity contribution < 1.29 is 18.1 Å². The molecule has 0 aliphatic heterocycles. The lowest BCUT2D eigenvalue weighted by molar-refractivity contribution is -0.384. The van der Waals surface area contributed by atoms with Crippen LogP contribution in [0.4, 0.5) is 11.4 Å². The predicted molar refractivity (Wildman–Crippen MR) is 91.4 cm³/mol. The molecule has 0 saturated carbocycles. The highest BCUT2D eigenvalue weighted by atomic mass is 35.5. The molecule has 0 heterocycles. The van der Waals surface area contributed by atoms with E-state index in [9.17, 15) is 18.5 Å². The van der Waals surface area contributed by atoms with Crippen LogP contribution in [0.1, 0.15) is 11.1 Å². The summed E-state index contributed by atoms with van der Waals surface area (Å²) in [5, 5.41) is 10.9. The smallest absolute Gasteiger partial charge is 0.271 e. The highest BCUT2D eigenvalue weighted by Gasteiger charge is 2.22. The van der Waals surface area contributed by atoms with Crippen molar-refractivity contribution in [2.75, 3.05) is 11.8 Å². The maximum absolute atomic E-state index is 12.6. The van der Waals surface area contributed by atoms with Crippen LogP contribution in [0.2, 0.25) is 5.02 Å². The van der Waals surface area contributed by atoms with Gasteiger partial charge in [0.1, 0.15) is 5.75 Å². The van der Waals surface area contributed by atoms with Crippen LogP contribution in [0.5, 0.6) is 5.75 Å². The molecule has 0 atom stereocenters. The number of benzene rings is 2. The molecular weight excluding hydrogens is 356 g/mol. The number of halogens is 1. The van der Waals surface area contributed by atoms with Gasteiger partial charge in [-0.25, -0.2) is 8.42 Å². The minimum atomic E-state index is -3.97. The highest BCUT2D eigenvalue weighted by Crippen LogP contribution is 2.31. The zero-order valence-electron chi connectivity index (χ0n) is 13.2. The molecule has 9 heteroatoms. The van der Waals surface area contributed by atoms with E-state index in [2.05, 4.69) is 4.72 Å². The molecule has 2 aromatic carbocycles. The van der Waals surface area contributed by atoms with E-state index in [-0.39, 0.29) is 21.3 Å². The van der Waals surface area contributed by atoms with Gasteiger partial charge in [0.2, 0.25) is 0 Å². The summed E-state index contributed by atoms with van der Waals surface area (Å²) >= 11 is 5.94. The number of nitrogens with zero attached hydrogens (tertiary/aromatic N) is 1. The summed E-state index contributed by atoms with van der Waals surface area (Å²) in [6.45, 7) is 3.40. The Balaban J connectivity index is 2.48. The Labute approximate surface area is 144 Å². The average molecular weight is 371 g/mol. The SMILES string of the molecule is COc1ccc(S(=O)(=O)Nc2cc([N+](=O)[O-])ccc2Cl)c(C)c1C. The summed E-state index contributed by atoms with van der Waals surface area (Å²) in [6, 6.07) is 6.50. The number of hydrogen-bond donors (Lipinski definition) is 1. The maximum Gasteiger partial charge on any atom is 0.271 e. The first kappa shape index (κ1) is 18.0. The van der Waals surface area contributed by atoms with Crippen molar-refractivity contribution in [2.24, 2.45) is 0 Å². The van der Waals surface area contributed by atoms with Crippen molar-refractivity contribution in [3.8, 4) is 5.75 Å². The van der Waals surface area contributed by atoms with Crippen LogP contribution < -0.4 is 9.46 Å². The third-order valence-electron chi connectivity index (χ3n) is 3.60. The number of nitrogens with one attached hydrogen (secondary N) is 1. The molecule has 0 amide bonds. The summed E-state index contributed by atoms with van der Waals surface area (Å²) in [4.78, 5) is 10.3. The molecule has 0 radical (unpaired) electrons. The standard InChI is InChI=1S/C15H15ClN2O5S/c1-9-10(2)15(7-6-14(9)23-3)24(21,22)17-13-8-11(18(19)20)4-5-12(13)16/h4-8,17H,1-3H3. The molecule has 0 fully saturated rings. The Bertz CT molecular complexity index is 912. The molecule has 0 aromatic heterocycles. The molecule has 2 aromatic rings. The van der Waals surface area contributed by atoms with Crippen LogP contribution in [0.25, 0.3) is 0 Å². The van der Waals surface area contributed by atoms with E-state index in [4.69, 9.17) is 16.3 Å². The van der Waals surface area contributed by atoms with Gasteiger partial charge in [0, 0.05) is 12.1 Å². The summed E-state index contributed by atoms with van der Waals surface area (Å²) in [5.41, 5.74) is 0.882. The van der Waals surface area contributed by atoms with E-state index in [1.165, 1.54) is 25.3 Å². The van der Waals surface area contributed by atoms with Crippen LogP contribution in [-0.2, 0) is 10.0 Å².